The van der Waals surface area contributed by atoms with Crippen LogP contribution in [0.25, 0.3) is 10.9 Å². The van der Waals surface area contributed by atoms with Crippen LogP contribution in [0.5, 0.6) is 0 Å². The van der Waals surface area contributed by atoms with E-state index in [1.54, 1.807) is 0 Å². The number of aryl methyl sites for hydroxylation is 1. The Labute approximate surface area is 186 Å². The predicted molar refractivity (Wildman–Crippen MR) is 119 cm³/mol. The number of likely N-dealkylation sites (N-methyl/N-ethyl adjacent to an activating group) is 1. The highest BCUT2D eigenvalue weighted by Crippen LogP contribution is 2.28. The number of fused-ring (bicyclic) bond motifs is 1. The van der Waals surface area contributed by atoms with Crippen molar-refractivity contribution in [2.45, 2.75) is 26.8 Å². The van der Waals surface area contributed by atoms with Crippen molar-refractivity contribution >= 4 is 34.4 Å². The summed E-state index contributed by atoms with van der Waals surface area (Å²) >= 11 is 0. The van der Waals surface area contributed by atoms with E-state index in [1.807, 2.05) is 56.4 Å². The molecule has 1 heterocycles. The Kier molecular flexibility index (Phi) is 8.85. The smallest absolute Gasteiger partial charge is 0.351 e. The van der Waals surface area contributed by atoms with Gasteiger partial charge in [-0.05, 0) is 25.0 Å². The molecule has 0 aliphatic heterocycles. The lowest BCUT2D eigenvalue weighted by atomic mass is 10.1. The molecule has 168 valence electrons. The van der Waals surface area contributed by atoms with Crippen molar-refractivity contribution in [1.29, 1.82) is 0 Å². The number of hydrogen-bond acceptors (Lipinski definition) is 5. The summed E-state index contributed by atoms with van der Waals surface area (Å²) in [6, 6.07) is 18.2. The van der Waals surface area contributed by atoms with Crippen molar-refractivity contribution in [2.24, 2.45) is 0 Å². The highest BCUT2D eigenvalue weighted by Gasteiger charge is 2.16. The number of carboxylic acid groups (broad SMARTS) is 2. The van der Waals surface area contributed by atoms with Crippen LogP contribution in [-0.4, -0.2) is 41.5 Å². The van der Waals surface area contributed by atoms with E-state index in [9.17, 15) is 4.79 Å². The molecule has 32 heavy (non-hydrogen) atoms. The third-order valence-corrected chi connectivity index (χ3v) is 4.82. The number of carbonyl (C=O) groups excluding carboxylic acids is 2. The van der Waals surface area contributed by atoms with Gasteiger partial charge in [-0.2, -0.15) is 0 Å². The molecule has 3 rings (SSSR count). The standard InChI is InChI=1S/C22H25N3O.C2H2O4/c1-4-19-16(2)22(18-12-8-9-13-20(18)23-19)24-21(26)15-25(3)14-17-10-6-5-7-11-17;3-1(4)2(5)6/h5-13H,4,14-15H2,1-3H3,(H,23,24,26);(H,3,4)(H,5,6). The highest BCUT2D eigenvalue weighted by atomic mass is 16.4. The first kappa shape index (κ1) is 24.5. The van der Waals surface area contributed by atoms with Gasteiger partial charge < -0.3 is 25.2 Å². The van der Waals surface area contributed by atoms with Crippen molar-refractivity contribution in [3.63, 3.8) is 0 Å². The average Bonchev–Trinajstić information content (AvgIpc) is 2.76. The number of aromatic nitrogens is 1. The largest absolute Gasteiger partial charge is 0.539 e. The molecule has 0 aliphatic rings. The van der Waals surface area contributed by atoms with Gasteiger partial charge in [-0.1, -0.05) is 55.5 Å². The number of anilines is 1. The molecule has 0 saturated carbocycles. The lowest BCUT2D eigenvalue weighted by Gasteiger charge is -2.17. The summed E-state index contributed by atoms with van der Waals surface area (Å²) in [5, 5.41) is 20.5. The number of para-hydroxylation sites is 1. The summed E-state index contributed by atoms with van der Waals surface area (Å²) in [6.45, 7) is 5.37. The zero-order valence-electron chi connectivity index (χ0n) is 18.3. The molecule has 1 unspecified atom stereocenters. The number of carboxylic acids is 2. The monoisotopic (exact) mass is 437 g/mol. The molecule has 3 N–H and O–H groups in total. The molecule has 0 bridgehead atoms. The Balaban J connectivity index is 0.000000534. The van der Waals surface area contributed by atoms with E-state index in [1.165, 1.54) is 5.56 Å². The summed E-state index contributed by atoms with van der Waals surface area (Å²) in [5.74, 6) is -3.98. The molecule has 8 heteroatoms. The molecule has 1 aromatic heterocycles. The number of carbonyl (C=O) groups is 3. The molecule has 1 amide bonds. The van der Waals surface area contributed by atoms with Gasteiger partial charge in [0.25, 0.3) is 5.91 Å². The number of nitrogens with zero attached hydrogens (tertiary/aromatic N) is 1. The van der Waals surface area contributed by atoms with E-state index >= 15 is 0 Å². The van der Waals surface area contributed by atoms with Crippen molar-refractivity contribution in [3.05, 3.63) is 71.4 Å². The van der Waals surface area contributed by atoms with Crippen LogP contribution in [0, 0.1) is 6.92 Å². The molecular weight excluding hydrogens is 410 g/mol. The summed E-state index contributed by atoms with van der Waals surface area (Å²) in [5.41, 5.74) is 5.14. The van der Waals surface area contributed by atoms with Crippen molar-refractivity contribution in [3.8, 4) is 0 Å². The van der Waals surface area contributed by atoms with Gasteiger partial charge in [0.15, 0.2) is 12.5 Å². The summed E-state index contributed by atoms with van der Waals surface area (Å²) in [7, 11) is 2.04. The zero-order chi connectivity index (χ0) is 23.7. The number of pyridine rings is 1. The summed E-state index contributed by atoms with van der Waals surface area (Å²) < 4.78 is 0. The Morgan fingerprint density at radius 1 is 1.06 bits per heavy atom. The average molecular weight is 437 g/mol. The first-order valence-electron chi connectivity index (χ1n) is 10.2. The molecule has 0 fully saturated rings. The number of amides is 1. The highest BCUT2D eigenvalue weighted by molar-refractivity contribution is 6.26. The fourth-order valence-electron chi connectivity index (χ4n) is 3.33. The number of quaternary nitrogens is 1. The Hall–Kier alpha value is -3.78. The van der Waals surface area contributed by atoms with Crippen LogP contribution < -0.4 is 15.3 Å². The normalized spacial score (nSPS) is 11.2. The molecule has 0 aliphatic carbocycles. The van der Waals surface area contributed by atoms with Crippen LogP contribution in [0.1, 0.15) is 23.7 Å². The Morgan fingerprint density at radius 2 is 1.66 bits per heavy atom. The number of aliphatic carboxylic acids is 2. The molecule has 0 saturated heterocycles. The van der Waals surface area contributed by atoms with E-state index in [0.29, 0.717) is 6.54 Å². The summed E-state index contributed by atoms with van der Waals surface area (Å²) in [4.78, 5) is 36.6. The Bertz CT molecular complexity index is 1090. The maximum absolute atomic E-state index is 12.7. The van der Waals surface area contributed by atoms with Crippen molar-refractivity contribution < 1.29 is 29.5 Å². The minimum atomic E-state index is -2.07. The molecule has 0 radical (unpaired) electrons. The lowest BCUT2D eigenvalue weighted by molar-refractivity contribution is -0.885. The lowest BCUT2D eigenvalue weighted by Crippen LogP contribution is -3.08. The van der Waals surface area contributed by atoms with E-state index in [-0.39, 0.29) is 5.91 Å². The minimum absolute atomic E-state index is 0.0277. The van der Waals surface area contributed by atoms with E-state index in [2.05, 4.69) is 24.4 Å². The first-order valence-corrected chi connectivity index (χ1v) is 10.2. The van der Waals surface area contributed by atoms with Crippen LogP contribution in [0.4, 0.5) is 5.69 Å². The first-order chi connectivity index (χ1) is 15.2. The maximum Gasteiger partial charge on any atom is 0.351 e. The van der Waals surface area contributed by atoms with Gasteiger partial charge in [-0.15, -0.1) is 0 Å². The second-order valence-electron chi connectivity index (χ2n) is 7.37. The fourth-order valence-corrected chi connectivity index (χ4v) is 3.33. The third-order valence-electron chi connectivity index (χ3n) is 4.82. The number of hydrogen-bond donors (Lipinski definition) is 3. The van der Waals surface area contributed by atoms with Gasteiger partial charge in [0.05, 0.1) is 18.3 Å². The van der Waals surface area contributed by atoms with Crippen LogP contribution >= 0.6 is 0 Å². The van der Waals surface area contributed by atoms with E-state index in [0.717, 1.165) is 45.7 Å². The maximum atomic E-state index is 12.7. The molecule has 1 atom stereocenters. The van der Waals surface area contributed by atoms with E-state index in [4.69, 9.17) is 24.8 Å². The number of benzene rings is 2. The Morgan fingerprint density at radius 3 is 2.25 bits per heavy atom. The number of rotatable bonds is 6. The van der Waals surface area contributed by atoms with Gasteiger partial charge >= 0.3 is 5.97 Å². The predicted octanol–water partition coefficient (Wildman–Crippen LogP) is 0.580. The van der Waals surface area contributed by atoms with Gasteiger partial charge in [-0.25, -0.2) is 4.79 Å². The second-order valence-corrected chi connectivity index (χ2v) is 7.37. The summed E-state index contributed by atoms with van der Waals surface area (Å²) in [6.07, 6.45) is 0.846. The van der Waals surface area contributed by atoms with Crippen molar-refractivity contribution in [2.75, 3.05) is 18.9 Å². The minimum Gasteiger partial charge on any atom is -0.539 e. The van der Waals surface area contributed by atoms with Crippen LogP contribution in [-0.2, 0) is 27.3 Å². The van der Waals surface area contributed by atoms with Gasteiger partial charge in [0.1, 0.15) is 6.54 Å². The van der Waals surface area contributed by atoms with E-state index < -0.39 is 11.9 Å². The van der Waals surface area contributed by atoms with Crippen LogP contribution in [0.3, 0.4) is 0 Å². The molecular formula is C24H27N3O5. The van der Waals surface area contributed by atoms with Crippen LogP contribution in [0.2, 0.25) is 0 Å². The molecule has 2 aromatic carbocycles. The second kappa shape index (κ2) is 11.6. The van der Waals surface area contributed by atoms with Crippen molar-refractivity contribution in [1.82, 2.24) is 4.98 Å². The SMILES string of the molecule is CCc1nc2ccccc2c(NC(=O)C[NH+](C)Cc2ccccc2)c1C.O=C([O-])C(=O)O. The quantitative estimate of drug-likeness (QED) is 0.485. The fraction of sp³-hybridized carbons (Fsp3) is 0.250. The third kappa shape index (κ3) is 6.88. The topological polar surface area (TPSA) is 124 Å². The molecule has 0 spiro atoms. The van der Waals surface area contributed by atoms with Gasteiger partial charge in [0.2, 0.25) is 0 Å². The molecule has 3 aromatic rings. The zero-order valence-corrected chi connectivity index (χ0v) is 18.3. The number of nitrogens with one attached hydrogen (secondary N) is 2. The molecule has 8 nitrogen and oxygen atoms in total. The van der Waals surface area contributed by atoms with Gasteiger partial charge in [-0.3, -0.25) is 9.78 Å². The van der Waals surface area contributed by atoms with Gasteiger partial charge in [0, 0.05) is 16.6 Å². The van der Waals surface area contributed by atoms with Crippen LogP contribution in [0.15, 0.2) is 54.6 Å².